The number of carbonyl (C=O) groups excluding carboxylic acids is 1. The minimum Gasteiger partial charge on any atom is -0.384 e. The molecule has 0 saturated carbocycles. The second-order valence-electron chi connectivity index (χ2n) is 4.48. The van der Waals surface area contributed by atoms with Gasteiger partial charge in [-0.05, 0) is 49.3 Å². The predicted octanol–water partition coefficient (Wildman–Crippen LogP) is 2.17. The number of hydrogen-bond donors (Lipinski definition) is 2. The van der Waals surface area contributed by atoms with E-state index in [2.05, 4.69) is 17.2 Å². The van der Waals surface area contributed by atoms with Gasteiger partial charge >= 0.3 is 0 Å². The molecule has 1 atom stereocenters. The van der Waals surface area contributed by atoms with E-state index in [9.17, 15) is 4.79 Å². The first-order chi connectivity index (χ1) is 9.20. The van der Waals surface area contributed by atoms with Crippen LogP contribution in [0, 0.1) is 18.8 Å². The van der Waals surface area contributed by atoms with Crippen LogP contribution in [0.2, 0.25) is 0 Å². The highest BCUT2D eigenvalue weighted by Gasteiger charge is 2.23. The van der Waals surface area contributed by atoms with Gasteiger partial charge in [-0.3, -0.25) is 4.79 Å². The maximum Gasteiger partial charge on any atom is 0.237 e. The molecule has 4 heteroatoms. The Labute approximate surface area is 117 Å². The molecule has 0 bridgehead atoms. The van der Waals surface area contributed by atoms with Gasteiger partial charge < -0.3 is 10.4 Å². The highest BCUT2D eigenvalue weighted by molar-refractivity contribution is 8.00. The number of aryl methyl sites for hydroxylation is 1. The number of carbonyl (C=O) groups is 1. The van der Waals surface area contributed by atoms with Crippen molar-refractivity contribution >= 4 is 23.4 Å². The Hall–Kier alpha value is -1.44. The van der Waals surface area contributed by atoms with Crippen molar-refractivity contribution in [3.05, 3.63) is 29.3 Å². The highest BCUT2D eigenvalue weighted by atomic mass is 32.2. The number of nitrogens with one attached hydrogen (secondary N) is 1. The topological polar surface area (TPSA) is 49.3 Å². The molecule has 0 aromatic heterocycles. The second-order valence-corrected chi connectivity index (χ2v) is 5.79. The summed E-state index contributed by atoms with van der Waals surface area (Å²) in [6.45, 7) is 1.80. The van der Waals surface area contributed by atoms with Crippen LogP contribution in [0.4, 0.5) is 5.69 Å². The van der Waals surface area contributed by atoms with Crippen molar-refractivity contribution in [2.45, 2.75) is 25.0 Å². The van der Waals surface area contributed by atoms with E-state index in [-0.39, 0.29) is 17.8 Å². The van der Waals surface area contributed by atoms with Crippen LogP contribution in [-0.4, -0.2) is 28.6 Å². The van der Waals surface area contributed by atoms with Crippen LogP contribution < -0.4 is 5.32 Å². The average Bonchev–Trinajstić information content (AvgIpc) is 2.93. The zero-order chi connectivity index (χ0) is 13.7. The summed E-state index contributed by atoms with van der Waals surface area (Å²) >= 11 is 1.73. The lowest BCUT2D eigenvalue weighted by atomic mass is 10.1. The molecule has 1 heterocycles. The minimum absolute atomic E-state index is 0.0910. The summed E-state index contributed by atoms with van der Waals surface area (Å²) in [4.78, 5) is 12.0. The summed E-state index contributed by atoms with van der Waals surface area (Å²) in [7, 11) is 0. The van der Waals surface area contributed by atoms with Crippen molar-refractivity contribution in [2.24, 2.45) is 0 Å². The molecule has 3 nitrogen and oxygen atoms in total. The van der Waals surface area contributed by atoms with E-state index in [1.165, 1.54) is 0 Å². The number of hydrogen-bond acceptors (Lipinski definition) is 3. The molecule has 1 aromatic rings. The number of anilines is 1. The van der Waals surface area contributed by atoms with Crippen LogP contribution >= 0.6 is 11.8 Å². The van der Waals surface area contributed by atoms with Crippen LogP contribution in [0.15, 0.2) is 18.2 Å². The summed E-state index contributed by atoms with van der Waals surface area (Å²) in [5.41, 5.74) is 2.67. The van der Waals surface area contributed by atoms with Gasteiger partial charge in [0.2, 0.25) is 5.91 Å². The number of rotatable bonds is 2. The molecule has 0 aliphatic carbocycles. The lowest BCUT2D eigenvalue weighted by molar-refractivity contribution is -0.115. The maximum absolute atomic E-state index is 12.0. The van der Waals surface area contributed by atoms with Gasteiger partial charge in [0.15, 0.2) is 0 Å². The lowest BCUT2D eigenvalue weighted by Crippen LogP contribution is -2.23. The van der Waals surface area contributed by atoms with Gasteiger partial charge in [0.1, 0.15) is 6.61 Å². The normalized spacial score (nSPS) is 17.7. The van der Waals surface area contributed by atoms with E-state index in [0.29, 0.717) is 0 Å². The Balaban J connectivity index is 2.06. The summed E-state index contributed by atoms with van der Waals surface area (Å²) < 4.78 is 0. The molecule has 2 rings (SSSR count). The van der Waals surface area contributed by atoms with Gasteiger partial charge in [0.05, 0.1) is 5.25 Å². The molecule has 1 amide bonds. The molecule has 1 aromatic carbocycles. The Morgan fingerprint density at radius 2 is 2.42 bits per heavy atom. The Bertz CT molecular complexity index is 525. The molecule has 1 fully saturated rings. The molecule has 0 spiro atoms. The number of thioether (sulfide) groups is 1. The standard InChI is InChI=1S/C15H17NO2S/c1-11-10-12(4-2-8-17)6-7-13(11)16-15(18)14-5-3-9-19-14/h6-7,10,14,17H,3,5,8-9H2,1H3,(H,16,18). The van der Waals surface area contributed by atoms with Crippen molar-refractivity contribution < 1.29 is 9.90 Å². The van der Waals surface area contributed by atoms with Gasteiger partial charge in [-0.25, -0.2) is 0 Å². The van der Waals surface area contributed by atoms with Gasteiger partial charge in [-0.2, -0.15) is 0 Å². The zero-order valence-corrected chi connectivity index (χ0v) is 11.7. The average molecular weight is 275 g/mol. The smallest absolute Gasteiger partial charge is 0.237 e. The summed E-state index contributed by atoms with van der Waals surface area (Å²) in [6, 6.07) is 5.64. The Kier molecular flexibility index (Phi) is 4.89. The third-order valence-corrected chi connectivity index (χ3v) is 4.39. The van der Waals surface area contributed by atoms with E-state index in [1.54, 1.807) is 11.8 Å². The van der Waals surface area contributed by atoms with Crippen molar-refractivity contribution in [1.82, 2.24) is 0 Å². The molecule has 1 aliphatic heterocycles. The van der Waals surface area contributed by atoms with Gasteiger partial charge in [-0.15, -0.1) is 11.8 Å². The van der Waals surface area contributed by atoms with Crippen LogP contribution in [0.1, 0.15) is 24.0 Å². The first-order valence-electron chi connectivity index (χ1n) is 6.33. The fourth-order valence-corrected chi connectivity index (χ4v) is 3.18. The Morgan fingerprint density at radius 3 is 3.05 bits per heavy atom. The first kappa shape index (κ1) is 14.0. The van der Waals surface area contributed by atoms with Crippen LogP contribution in [-0.2, 0) is 4.79 Å². The van der Waals surface area contributed by atoms with Crippen molar-refractivity contribution in [2.75, 3.05) is 17.7 Å². The predicted molar refractivity (Wildman–Crippen MR) is 79.3 cm³/mol. The summed E-state index contributed by atoms with van der Waals surface area (Å²) in [5, 5.41) is 11.7. The highest BCUT2D eigenvalue weighted by Crippen LogP contribution is 2.27. The van der Waals surface area contributed by atoms with E-state index >= 15 is 0 Å². The van der Waals surface area contributed by atoms with E-state index in [4.69, 9.17) is 5.11 Å². The van der Waals surface area contributed by atoms with E-state index < -0.39 is 0 Å². The number of aliphatic hydroxyl groups excluding tert-OH is 1. The molecule has 100 valence electrons. The molecule has 19 heavy (non-hydrogen) atoms. The Morgan fingerprint density at radius 1 is 1.58 bits per heavy atom. The van der Waals surface area contributed by atoms with Gasteiger partial charge in [0.25, 0.3) is 0 Å². The monoisotopic (exact) mass is 275 g/mol. The number of aliphatic hydroxyl groups is 1. The maximum atomic E-state index is 12.0. The van der Waals surface area contributed by atoms with Crippen LogP contribution in [0.3, 0.4) is 0 Å². The van der Waals surface area contributed by atoms with Crippen molar-refractivity contribution in [1.29, 1.82) is 0 Å². The fraction of sp³-hybridized carbons (Fsp3) is 0.400. The number of amides is 1. The SMILES string of the molecule is Cc1cc(C#CCO)ccc1NC(=O)C1CCCS1. The van der Waals surface area contributed by atoms with Crippen molar-refractivity contribution in [3.63, 3.8) is 0 Å². The molecular weight excluding hydrogens is 258 g/mol. The summed E-state index contributed by atoms with van der Waals surface area (Å²) in [6.07, 6.45) is 2.09. The quantitative estimate of drug-likeness (QED) is 0.813. The van der Waals surface area contributed by atoms with Crippen LogP contribution in [0.25, 0.3) is 0 Å². The van der Waals surface area contributed by atoms with Gasteiger partial charge in [-0.1, -0.05) is 11.8 Å². The third kappa shape index (κ3) is 3.76. The largest absolute Gasteiger partial charge is 0.384 e. The fourth-order valence-electron chi connectivity index (χ4n) is 2.02. The second kappa shape index (κ2) is 6.65. The van der Waals surface area contributed by atoms with E-state index in [0.717, 1.165) is 35.4 Å². The molecular formula is C15H17NO2S. The number of benzene rings is 1. The van der Waals surface area contributed by atoms with Crippen LogP contribution in [0.5, 0.6) is 0 Å². The lowest BCUT2D eigenvalue weighted by Gasteiger charge is -2.12. The zero-order valence-electron chi connectivity index (χ0n) is 10.9. The first-order valence-corrected chi connectivity index (χ1v) is 7.38. The molecule has 1 unspecified atom stereocenters. The van der Waals surface area contributed by atoms with E-state index in [1.807, 2.05) is 25.1 Å². The molecule has 1 saturated heterocycles. The molecule has 1 aliphatic rings. The minimum atomic E-state index is -0.142. The molecule has 0 radical (unpaired) electrons. The third-order valence-electron chi connectivity index (χ3n) is 3.02. The van der Waals surface area contributed by atoms with Gasteiger partial charge in [0, 0.05) is 11.3 Å². The summed E-state index contributed by atoms with van der Waals surface area (Å²) in [5.74, 6) is 6.64. The molecule has 2 N–H and O–H groups in total. The van der Waals surface area contributed by atoms with Crippen molar-refractivity contribution in [3.8, 4) is 11.8 Å².